The molecule has 1 heterocycles. The largest absolute Gasteiger partial charge is 0.289 e. The molecule has 22 heavy (non-hydrogen) atoms. The summed E-state index contributed by atoms with van der Waals surface area (Å²) in [6.45, 7) is 0. The fourth-order valence-corrected chi connectivity index (χ4v) is 1.66. The second-order valence-corrected chi connectivity index (χ2v) is 4.16. The van der Waals surface area contributed by atoms with Gasteiger partial charge in [-0.3, -0.25) is 14.9 Å². The van der Waals surface area contributed by atoms with Crippen molar-refractivity contribution in [3.05, 3.63) is 88.2 Å². The molecular formula is C15H12N4O3. The Labute approximate surface area is 125 Å². The molecule has 110 valence electrons. The van der Waals surface area contributed by atoms with Crippen LogP contribution in [0.3, 0.4) is 0 Å². The number of nitro groups is 1. The van der Waals surface area contributed by atoms with Crippen LogP contribution in [0.25, 0.3) is 0 Å². The average molecular weight is 296 g/mol. The van der Waals surface area contributed by atoms with Crippen LogP contribution in [-0.2, 0) is 0 Å². The minimum atomic E-state index is -0.489. The number of benzene rings is 2. The molecule has 0 aliphatic carbocycles. The minimum Gasteiger partial charge on any atom is -0.289 e. The van der Waals surface area contributed by atoms with E-state index >= 15 is 0 Å². The highest BCUT2D eigenvalue weighted by Crippen LogP contribution is 2.15. The van der Waals surface area contributed by atoms with Gasteiger partial charge in [0.15, 0.2) is 5.78 Å². The molecule has 1 aromatic heterocycles. The maximum atomic E-state index is 12.0. The number of nitro benzene ring substituents is 1. The van der Waals surface area contributed by atoms with Gasteiger partial charge in [-0.15, -0.1) is 0 Å². The molecule has 2 aromatic carbocycles. The first kappa shape index (κ1) is 15.0. The molecule has 0 saturated heterocycles. The summed E-state index contributed by atoms with van der Waals surface area (Å²) in [6, 6.07) is 14.4. The van der Waals surface area contributed by atoms with Gasteiger partial charge in [-0.05, 0) is 12.1 Å². The first-order valence-corrected chi connectivity index (χ1v) is 6.32. The smallest absolute Gasteiger partial charge is 0.269 e. The molecule has 0 aliphatic rings. The fourth-order valence-electron chi connectivity index (χ4n) is 1.66. The number of aromatic amines is 1. The predicted molar refractivity (Wildman–Crippen MR) is 79.4 cm³/mol. The zero-order valence-corrected chi connectivity index (χ0v) is 11.4. The topological polar surface area (TPSA) is 102 Å². The van der Waals surface area contributed by atoms with Crippen LogP contribution in [0.1, 0.15) is 15.9 Å². The normalized spacial score (nSPS) is 9.45. The van der Waals surface area contributed by atoms with Gasteiger partial charge in [0.25, 0.3) is 5.69 Å². The van der Waals surface area contributed by atoms with E-state index in [1.807, 2.05) is 6.07 Å². The van der Waals surface area contributed by atoms with Crippen molar-refractivity contribution in [1.82, 2.24) is 15.4 Å². The summed E-state index contributed by atoms with van der Waals surface area (Å²) in [5.74, 6) is -0.138. The lowest BCUT2D eigenvalue weighted by Gasteiger charge is -2.00. The molecule has 0 aliphatic heterocycles. The zero-order valence-electron chi connectivity index (χ0n) is 11.4. The molecule has 0 saturated carbocycles. The van der Waals surface area contributed by atoms with Gasteiger partial charge in [0.2, 0.25) is 0 Å². The van der Waals surface area contributed by atoms with Crippen LogP contribution in [0, 0.1) is 10.1 Å². The molecule has 0 fully saturated rings. The van der Waals surface area contributed by atoms with Crippen molar-refractivity contribution in [1.29, 1.82) is 0 Å². The Morgan fingerprint density at radius 3 is 1.91 bits per heavy atom. The fraction of sp³-hybridized carbons (Fsp3) is 0. The Bertz CT molecular complexity index is 708. The highest BCUT2D eigenvalue weighted by molar-refractivity contribution is 6.09. The van der Waals surface area contributed by atoms with Crippen molar-refractivity contribution in [3.8, 4) is 0 Å². The van der Waals surface area contributed by atoms with Crippen LogP contribution in [0.4, 0.5) is 5.69 Å². The van der Waals surface area contributed by atoms with Gasteiger partial charge in [-0.25, -0.2) is 0 Å². The molecule has 0 spiro atoms. The van der Waals surface area contributed by atoms with Crippen molar-refractivity contribution < 1.29 is 9.72 Å². The standard InChI is InChI=1S/C13H9NO3.C2H3N3/c15-13(10-4-2-1-3-5-10)11-6-8-12(9-7-11)14(16)17;1-2-4-5-3-1/h1-9H;1-2H,(H,3,4,5). The van der Waals surface area contributed by atoms with Crippen molar-refractivity contribution in [2.75, 3.05) is 0 Å². The van der Waals surface area contributed by atoms with Crippen LogP contribution in [0.15, 0.2) is 67.0 Å². The third-order valence-electron chi connectivity index (χ3n) is 2.71. The molecule has 0 bridgehead atoms. The van der Waals surface area contributed by atoms with Crippen LogP contribution in [0.2, 0.25) is 0 Å². The minimum absolute atomic E-state index is 0.0189. The first-order valence-electron chi connectivity index (χ1n) is 6.32. The third kappa shape index (κ3) is 4.07. The van der Waals surface area contributed by atoms with E-state index in [1.165, 1.54) is 24.3 Å². The monoisotopic (exact) mass is 296 g/mol. The Hall–Kier alpha value is -3.35. The summed E-state index contributed by atoms with van der Waals surface area (Å²) in [4.78, 5) is 21.9. The molecule has 0 unspecified atom stereocenters. The second kappa shape index (κ2) is 7.44. The number of aromatic nitrogens is 3. The Morgan fingerprint density at radius 1 is 0.909 bits per heavy atom. The molecular weight excluding hydrogens is 284 g/mol. The van der Waals surface area contributed by atoms with Gasteiger partial charge in [-0.2, -0.15) is 15.4 Å². The lowest BCUT2D eigenvalue weighted by atomic mass is 10.0. The van der Waals surface area contributed by atoms with Gasteiger partial charge in [-0.1, -0.05) is 30.3 Å². The SMILES string of the molecule is O=C(c1ccccc1)c1ccc([N+](=O)[O-])cc1.c1cn[nH]n1. The van der Waals surface area contributed by atoms with E-state index in [-0.39, 0.29) is 11.5 Å². The number of ketones is 1. The van der Waals surface area contributed by atoms with E-state index in [0.717, 1.165) is 0 Å². The van der Waals surface area contributed by atoms with Gasteiger partial charge in [0, 0.05) is 23.3 Å². The zero-order chi connectivity index (χ0) is 15.8. The van der Waals surface area contributed by atoms with Crippen molar-refractivity contribution in [3.63, 3.8) is 0 Å². The number of nitrogens with zero attached hydrogens (tertiary/aromatic N) is 3. The summed E-state index contributed by atoms with van der Waals surface area (Å²) >= 11 is 0. The third-order valence-corrected chi connectivity index (χ3v) is 2.71. The number of rotatable bonds is 3. The molecule has 7 heteroatoms. The number of H-pyrrole nitrogens is 1. The second-order valence-electron chi connectivity index (χ2n) is 4.16. The van der Waals surface area contributed by atoms with Crippen molar-refractivity contribution >= 4 is 11.5 Å². The summed E-state index contributed by atoms with van der Waals surface area (Å²) < 4.78 is 0. The quantitative estimate of drug-likeness (QED) is 0.454. The maximum absolute atomic E-state index is 12.0. The number of nitrogens with one attached hydrogen (secondary N) is 1. The van der Waals surface area contributed by atoms with Crippen LogP contribution in [0.5, 0.6) is 0 Å². The molecule has 3 aromatic rings. The highest BCUT2D eigenvalue weighted by Gasteiger charge is 2.10. The van der Waals surface area contributed by atoms with E-state index in [2.05, 4.69) is 15.4 Å². The van der Waals surface area contributed by atoms with Gasteiger partial charge in [0.05, 0.1) is 17.3 Å². The molecule has 1 N–H and O–H groups in total. The average Bonchev–Trinajstić information content (AvgIpc) is 3.15. The molecule has 0 atom stereocenters. The molecule has 0 amide bonds. The number of hydrogen-bond donors (Lipinski definition) is 1. The summed E-state index contributed by atoms with van der Waals surface area (Å²) in [7, 11) is 0. The summed E-state index contributed by atoms with van der Waals surface area (Å²) in [6.07, 6.45) is 3.17. The van der Waals surface area contributed by atoms with Gasteiger partial charge < -0.3 is 0 Å². The summed E-state index contributed by atoms with van der Waals surface area (Å²) in [5, 5.41) is 19.8. The van der Waals surface area contributed by atoms with E-state index in [1.54, 1.807) is 36.7 Å². The predicted octanol–water partition coefficient (Wildman–Crippen LogP) is 2.63. The number of carbonyl (C=O) groups is 1. The van der Waals surface area contributed by atoms with E-state index in [4.69, 9.17) is 0 Å². The molecule has 7 nitrogen and oxygen atoms in total. The number of hydrogen-bond acceptors (Lipinski definition) is 5. The molecule has 3 rings (SSSR count). The first-order chi connectivity index (χ1) is 10.7. The summed E-state index contributed by atoms with van der Waals surface area (Å²) in [5.41, 5.74) is 0.998. The van der Waals surface area contributed by atoms with Gasteiger partial charge in [0.1, 0.15) is 0 Å². The highest BCUT2D eigenvalue weighted by atomic mass is 16.6. The van der Waals surface area contributed by atoms with Crippen molar-refractivity contribution in [2.45, 2.75) is 0 Å². The van der Waals surface area contributed by atoms with Crippen LogP contribution in [-0.4, -0.2) is 26.1 Å². The Morgan fingerprint density at radius 2 is 1.45 bits per heavy atom. The number of carbonyl (C=O) groups excluding carboxylic acids is 1. The van der Waals surface area contributed by atoms with Crippen LogP contribution >= 0.6 is 0 Å². The number of non-ortho nitro benzene ring substituents is 1. The van der Waals surface area contributed by atoms with Crippen LogP contribution < -0.4 is 0 Å². The lowest BCUT2D eigenvalue weighted by Crippen LogP contribution is -2.00. The van der Waals surface area contributed by atoms with Gasteiger partial charge >= 0.3 is 0 Å². The lowest BCUT2D eigenvalue weighted by molar-refractivity contribution is -0.384. The van der Waals surface area contributed by atoms with E-state index in [0.29, 0.717) is 11.1 Å². The van der Waals surface area contributed by atoms with E-state index in [9.17, 15) is 14.9 Å². The maximum Gasteiger partial charge on any atom is 0.269 e. The molecule has 0 radical (unpaired) electrons. The Kier molecular flexibility index (Phi) is 5.09. The Balaban J connectivity index is 0.000000299. The van der Waals surface area contributed by atoms with E-state index < -0.39 is 4.92 Å². The van der Waals surface area contributed by atoms with Crippen molar-refractivity contribution in [2.24, 2.45) is 0 Å².